The van der Waals surface area contributed by atoms with E-state index < -0.39 is 0 Å². The molecule has 0 saturated carbocycles. The molecule has 3 rings (SSSR count). The van der Waals surface area contributed by atoms with Crippen LogP contribution in [-0.2, 0) is 10.2 Å². The second kappa shape index (κ2) is 8.27. The van der Waals surface area contributed by atoms with E-state index in [0.29, 0.717) is 18.5 Å². The molecule has 0 spiro atoms. The van der Waals surface area contributed by atoms with Crippen molar-refractivity contribution in [3.63, 3.8) is 0 Å². The monoisotopic (exact) mass is 377 g/mol. The van der Waals surface area contributed by atoms with Crippen LogP contribution in [0.2, 0.25) is 0 Å². The third-order valence-electron chi connectivity index (χ3n) is 5.91. The predicted molar refractivity (Wildman–Crippen MR) is 104 cm³/mol. The standard InChI is InChI=1S/C20H35N5O2/c1-15-8-6-7-9-25(15)17(26)14-23-10-12-24(13-11-23)16(2)18-21-19(22-27-18)20(3,4)5/h15-16H,6-14H2,1-5H3/t15-,16+/m0/s1. The maximum Gasteiger partial charge on any atom is 0.243 e. The normalized spacial score (nSPS) is 24.2. The molecule has 0 N–H and O–H groups in total. The molecule has 0 radical (unpaired) electrons. The number of likely N-dealkylation sites (tertiary alicyclic amines) is 1. The number of hydrogen-bond donors (Lipinski definition) is 0. The summed E-state index contributed by atoms with van der Waals surface area (Å²) in [5.74, 6) is 1.73. The molecule has 2 atom stereocenters. The fraction of sp³-hybridized carbons (Fsp3) is 0.850. The van der Waals surface area contributed by atoms with Crippen LogP contribution in [0.25, 0.3) is 0 Å². The van der Waals surface area contributed by atoms with E-state index in [1.807, 2.05) is 0 Å². The van der Waals surface area contributed by atoms with Crippen LogP contribution in [-0.4, -0.2) is 76.1 Å². The van der Waals surface area contributed by atoms with Crippen molar-refractivity contribution in [2.45, 2.75) is 71.4 Å². The van der Waals surface area contributed by atoms with Gasteiger partial charge in [0.1, 0.15) is 0 Å². The van der Waals surface area contributed by atoms with Gasteiger partial charge in [0.05, 0.1) is 12.6 Å². The minimum Gasteiger partial charge on any atom is -0.339 e. The Balaban J connectivity index is 1.49. The van der Waals surface area contributed by atoms with Gasteiger partial charge in [-0.2, -0.15) is 4.98 Å². The van der Waals surface area contributed by atoms with Crippen LogP contribution >= 0.6 is 0 Å². The molecular formula is C20H35N5O2. The van der Waals surface area contributed by atoms with Crippen LogP contribution in [0.5, 0.6) is 0 Å². The molecular weight excluding hydrogens is 342 g/mol. The highest BCUT2D eigenvalue weighted by Crippen LogP contribution is 2.24. The number of carbonyl (C=O) groups excluding carboxylic acids is 1. The second-order valence-electron chi connectivity index (χ2n) is 9.13. The zero-order chi connectivity index (χ0) is 19.6. The molecule has 7 heteroatoms. The lowest BCUT2D eigenvalue weighted by Crippen LogP contribution is -2.52. The lowest BCUT2D eigenvalue weighted by atomic mass is 9.96. The molecule has 2 aliphatic rings. The van der Waals surface area contributed by atoms with Gasteiger partial charge in [0.25, 0.3) is 0 Å². The Morgan fingerprint density at radius 1 is 1.19 bits per heavy atom. The van der Waals surface area contributed by atoms with Crippen LogP contribution in [0.4, 0.5) is 0 Å². The van der Waals surface area contributed by atoms with Crippen LogP contribution in [0.3, 0.4) is 0 Å². The van der Waals surface area contributed by atoms with Crippen LogP contribution < -0.4 is 0 Å². The first-order chi connectivity index (χ1) is 12.8. The third kappa shape index (κ3) is 4.88. The minimum atomic E-state index is -0.105. The summed E-state index contributed by atoms with van der Waals surface area (Å²) in [6.07, 6.45) is 3.52. The quantitative estimate of drug-likeness (QED) is 0.803. The molecule has 0 aromatic carbocycles. The zero-order valence-electron chi connectivity index (χ0n) is 17.6. The highest BCUT2D eigenvalue weighted by molar-refractivity contribution is 5.78. The second-order valence-corrected chi connectivity index (χ2v) is 9.13. The molecule has 0 unspecified atom stereocenters. The lowest BCUT2D eigenvalue weighted by molar-refractivity contribution is -0.136. The third-order valence-corrected chi connectivity index (χ3v) is 5.91. The van der Waals surface area contributed by atoms with Crippen molar-refractivity contribution in [3.8, 4) is 0 Å². The molecule has 1 amide bonds. The number of piperidine rings is 1. The Labute approximate surface area is 163 Å². The maximum atomic E-state index is 12.6. The first kappa shape index (κ1) is 20.3. The van der Waals surface area contributed by atoms with Gasteiger partial charge in [-0.25, -0.2) is 0 Å². The summed E-state index contributed by atoms with van der Waals surface area (Å²) >= 11 is 0. The number of amides is 1. The number of carbonyl (C=O) groups is 1. The predicted octanol–water partition coefficient (Wildman–Crippen LogP) is 2.45. The molecule has 0 aliphatic carbocycles. The van der Waals surface area contributed by atoms with Crippen LogP contribution in [0.15, 0.2) is 4.52 Å². The van der Waals surface area contributed by atoms with Gasteiger partial charge in [0.15, 0.2) is 5.82 Å². The van der Waals surface area contributed by atoms with E-state index in [4.69, 9.17) is 4.52 Å². The molecule has 2 saturated heterocycles. The number of nitrogens with zero attached hydrogens (tertiary/aromatic N) is 5. The van der Waals surface area contributed by atoms with Gasteiger partial charge < -0.3 is 9.42 Å². The van der Waals surface area contributed by atoms with E-state index >= 15 is 0 Å². The molecule has 0 bridgehead atoms. The SMILES string of the molecule is C[C@H](c1nc(C(C)(C)C)no1)N1CCN(CC(=O)N2CCCC[C@@H]2C)CC1. The zero-order valence-corrected chi connectivity index (χ0v) is 17.6. The number of hydrogen-bond acceptors (Lipinski definition) is 6. The van der Waals surface area contributed by atoms with E-state index in [2.05, 4.69) is 59.5 Å². The highest BCUT2D eigenvalue weighted by Gasteiger charge is 2.30. The van der Waals surface area contributed by atoms with E-state index in [-0.39, 0.29) is 17.4 Å². The summed E-state index contributed by atoms with van der Waals surface area (Å²) in [4.78, 5) is 24.0. The highest BCUT2D eigenvalue weighted by atomic mass is 16.5. The Bertz CT molecular complexity index is 631. The first-order valence-electron chi connectivity index (χ1n) is 10.4. The maximum absolute atomic E-state index is 12.6. The fourth-order valence-corrected chi connectivity index (χ4v) is 3.93. The molecule has 1 aromatic heterocycles. The molecule has 7 nitrogen and oxygen atoms in total. The van der Waals surface area contributed by atoms with Gasteiger partial charge in [-0.05, 0) is 33.1 Å². The molecule has 2 aliphatic heterocycles. The van der Waals surface area contributed by atoms with E-state index in [1.165, 1.54) is 6.42 Å². The van der Waals surface area contributed by atoms with E-state index in [1.54, 1.807) is 0 Å². The van der Waals surface area contributed by atoms with Crippen molar-refractivity contribution >= 4 is 5.91 Å². The van der Waals surface area contributed by atoms with Gasteiger partial charge in [-0.15, -0.1) is 0 Å². The topological polar surface area (TPSA) is 65.7 Å². The van der Waals surface area contributed by atoms with Crippen molar-refractivity contribution in [1.29, 1.82) is 0 Å². The molecule has 1 aromatic rings. The van der Waals surface area contributed by atoms with Crippen molar-refractivity contribution in [2.24, 2.45) is 0 Å². The molecule has 2 fully saturated rings. The molecule has 3 heterocycles. The Morgan fingerprint density at radius 3 is 2.48 bits per heavy atom. The van der Waals surface area contributed by atoms with Crippen molar-refractivity contribution in [1.82, 2.24) is 24.8 Å². The summed E-state index contributed by atoms with van der Waals surface area (Å²) in [6.45, 7) is 15.7. The number of aromatic nitrogens is 2. The molecule has 152 valence electrons. The Hall–Kier alpha value is -1.47. The number of rotatable bonds is 4. The van der Waals surface area contributed by atoms with Crippen molar-refractivity contribution in [2.75, 3.05) is 39.3 Å². The minimum absolute atomic E-state index is 0.105. The summed E-state index contributed by atoms with van der Waals surface area (Å²) in [7, 11) is 0. The first-order valence-corrected chi connectivity index (χ1v) is 10.4. The Kier molecular flexibility index (Phi) is 6.21. The van der Waals surface area contributed by atoms with Gasteiger partial charge in [-0.1, -0.05) is 25.9 Å². The summed E-state index contributed by atoms with van der Waals surface area (Å²) < 4.78 is 5.51. The summed E-state index contributed by atoms with van der Waals surface area (Å²) in [5.41, 5.74) is -0.105. The summed E-state index contributed by atoms with van der Waals surface area (Å²) in [5, 5.41) is 4.14. The van der Waals surface area contributed by atoms with Gasteiger partial charge in [0, 0.05) is 44.2 Å². The van der Waals surface area contributed by atoms with Crippen LogP contribution in [0.1, 0.15) is 71.6 Å². The van der Waals surface area contributed by atoms with Crippen molar-refractivity contribution < 1.29 is 9.32 Å². The average molecular weight is 378 g/mol. The van der Waals surface area contributed by atoms with E-state index in [9.17, 15) is 4.79 Å². The molecule has 27 heavy (non-hydrogen) atoms. The summed E-state index contributed by atoms with van der Waals surface area (Å²) in [6, 6.07) is 0.496. The lowest BCUT2D eigenvalue weighted by Gasteiger charge is -2.39. The smallest absolute Gasteiger partial charge is 0.243 e. The largest absolute Gasteiger partial charge is 0.339 e. The Morgan fingerprint density at radius 2 is 1.89 bits per heavy atom. The van der Waals surface area contributed by atoms with Crippen molar-refractivity contribution in [3.05, 3.63) is 11.7 Å². The van der Waals surface area contributed by atoms with Gasteiger partial charge in [-0.3, -0.25) is 14.6 Å². The van der Waals surface area contributed by atoms with Gasteiger partial charge >= 0.3 is 0 Å². The van der Waals surface area contributed by atoms with Gasteiger partial charge in [0.2, 0.25) is 11.8 Å². The number of piperazine rings is 1. The van der Waals surface area contributed by atoms with E-state index in [0.717, 1.165) is 51.4 Å². The average Bonchev–Trinajstić information content (AvgIpc) is 3.12. The van der Waals surface area contributed by atoms with Crippen LogP contribution in [0, 0.1) is 0 Å². The fourth-order valence-electron chi connectivity index (χ4n) is 3.93.